The molecule has 142 valence electrons. The first-order valence-electron chi connectivity index (χ1n) is 9.60. The van der Waals surface area contributed by atoms with E-state index in [1.165, 1.54) is 18.5 Å². The number of rotatable bonds is 6. The third-order valence-corrected chi connectivity index (χ3v) is 5.00. The Morgan fingerprint density at radius 3 is 2.69 bits per heavy atom. The zero-order valence-corrected chi connectivity index (χ0v) is 15.7. The summed E-state index contributed by atoms with van der Waals surface area (Å²) in [5, 5.41) is 24.0. The van der Waals surface area contributed by atoms with Crippen LogP contribution in [0.15, 0.2) is 54.6 Å². The maximum Gasteiger partial charge on any atom is 0.225 e. The number of H-pyrrole nitrogens is 1. The van der Waals surface area contributed by atoms with E-state index in [2.05, 4.69) is 42.9 Å². The van der Waals surface area contributed by atoms with E-state index >= 15 is 0 Å². The second-order valence-electron chi connectivity index (χ2n) is 7.18. The molecule has 29 heavy (non-hydrogen) atoms. The fraction of sp³-hybridized carbons (Fsp3) is 0.182. The lowest BCUT2D eigenvalue weighted by Crippen LogP contribution is -2.06. The minimum Gasteiger partial charge on any atom is -0.350 e. The Balaban J connectivity index is 1.40. The Hall–Kier alpha value is -3.92. The van der Waals surface area contributed by atoms with E-state index in [0.29, 0.717) is 29.8 Å². The number of hydrogen-bond acceptors (Lipinski definition) is 6. The SMILES string of the molecule is N#Cc1ccc(CNc2nc(Nc3cc(C4CC4)[nH]n3)c3ccccc3n2)cc1. The molecule has 0 bridgehead atoms. The monoisotopic (exact) mass is 381 g/mol. The number of aromatic nitrogens is 4. The van der Waals surface area contributed by atoms with Crippen LogP contribution in [0.2, 0.25) is 0 Å². The van der Waals surface area contributed by atoms with Crippen molar-refractivity contribution in [2.24, 2.45) is 0 Å². The van der Waals surface area contributed by atoms with Crippen molar-refractivity contribution < 1.29 is 0 Å². The Morgan fingerprint density at radius 2 is 1.90 bits per heavy atom. The van der Waals surface area contributed by atoms with E-state index < -0.39 is 0 Å². The number of nitriles is 1. The summed E-state index contributed by atoms with van der Waals surface area (Å²) in [6.45, 7) is 0.567. The molecule has 7 nitrogen and oxygen atoms in total. The minimum absolute atomic E-state index is 0.536. The Labute approximate surface area is 167 Å². The van der Waals surface area contributed by atoms with Gasteiger partial charge in [-0.25, -0.2) is 4.98 Å². The Kier molecular flexibility index (Phi) is 4.30. The first-order valence-corrected chi connectivity index (χ1v) is 9.60. The van der Waals surface area contributed by atoms with Crippen LogP contribution < -0.4 is 10.6 Å². The van der Waals surface area contributed by atoms with Gasteiger partial charge < -0.3 is 10.6 Å². The number of benzene rings is 2. The highest BCUT2D eigenvalue weighted by molar-refractivity contribution is 5.91. The zero-order chi connectivity index (χ0) is 19.6. The van der Waals surface area contributed by atoms with Gasteiger partial charge in [0.2, 0.25) is 5.95 Å². The lowest BCUT2D eigenvalue weighted by atomic mass is 10.1. The number of nitrogens with one attached hydrogen (secondary N) is 3. The summed E-state index contributed by atoms with van der Waals surface area (Å²) in [5.41, 5.74) is 3.72. The van der Waals surface area contributed by atoms with E-state index in [4.69, 9.17) is 5.26 Å². The van der Waals surface area contributed by atoms with Crippen molar-refractivity contribution in [3.8, 4) is 6.07 Å². The summed E-state index contributed by atoms with van der Waals surface area (Å²) in [5.74, 6) is 2.62. The Morgan fingerprint density at radius 1 is 1.07 bits per heavy atom. The van der Waals surface area contributed by atoms with E-state index in [1.807, 2.05) is 36.4 Å². The molecule has 2 aromatic carbocycles. The number of nitrogens with zero attached hydrogens (tertiary/aromatic N) is 4. The van der Waals surface area contributed by atoms with Gasteiger partial charge in [0.05, 0.1) is 17.1 Å². The highest BCUT2D eigenvalue weighted by Gasteiger charge is 2.25. The quantitative estimate of drug-likeness (QED) is 0.456. The summed E-state index contributed by atoms with van der Waals surface area (Å²) in [6.07, 6.45) is 2.45. The minimum atomic E-state index is 0.536. The van der Waals surface area contributed by atoms with Gasteiger partial charge in [-0.2, -0.15) is 15.3 Å². The van der Waals surface area contributed by atoms with Gasteiger partial charge in [-0.3, -0.25) is 5.10 Å². The molecule has 0 unspecified atom stereocenters. The van der Waals surface area contributed by atoms with Gasteiger partial charge in [-0.1, -0.05) is 24.3 Å². The molecule has 1 saturated carbocycles. The summed E-state index contributed by atoms with van der Waals surface area (Å²) < 4.78 is 0. The van der Waals surface area contributed by atoms with E-state index in [1.54, 1.807) is 12.1 Å². The summed E-state index contributed by atoms with van der Waals surface area (Å²) in [6, 6.07) is 19.5. The van der Waals surface area contributed by atoms with Gasteiger partial charge in [-0.05, 0) is 42.7 Å². The third kappa shape index (κ3) is 3.73. The molecule has 7 heteroatoms. The highest BCUT2D eigenvalue weighted by Crippen LogP contribution is 2.39. The molecule has 3 N–H and O–H groups in total. The fourth-order valence-corrected chi connectivity index (χ4v) is 3.25. The molecule has 0 saturated heterocycles. The van der Waals surface area contributed by atoms with Gasteiger partial charge in [0.25, 0.3) is 0 Å². The number of para-hydroxylation sites is 1. The maximum absolute atomic E-state index is 8.92. The van der Waals surface area contributed by atoms with Crippen LogP contribution in [0.1, 0.15) is 35.6 Å². The molecule has 1 fully saturated rings. The van der Waals surface area contributed by atoms with Crippen LogP contribution in [0, 0.1) is 11.3 Å². The van der Waals surface area contributed by atoms with Gasteiger partial charge >= 0.3 is 0 Å². The first-order chi connectivity index (χ1) is 14.3. The molecule has 2 heterocycles. The first kappa shape index (κ1) is 17.2. The maximum atomic E-state index is 8.92. The van der Waals surface area contributed by atoms with Crippen LogP contribution in [0.4, 0.5) is 17.6 Å². The topological polar surface area (TPSA) is 102 Å². The molecule has 0 radical (unpaired) electrons. The van der Waals surface area contributed by atoms with Crippen molar-refractivity contribution >= 4 is 28.5 Å². The van der Waals surface area contributed by atoms with Crippen LogP contribution in [-0.4, -0.2) is 20.2 Å². The van der Waals surface area contributed by atoms with Crippen LogP contribution in [0.25, 0.3) is 10.9 Å². The molecule has 0 amide bonds. The molecule has 2 aromatic heterocycles. The molecule has 4 aromatic rings. The molecule has 1 aliphatic carbocycles. The molecule has 0 aliphatic heterocycles. The molecular weight excluding hydrogens is 362 g/mol. The van der Waals surface area contributed by atoms with Crippen molar-refractivity contribution in [2.75, 3.05) is 10.6 Å². The van der Waals surface area contributed by atoms with Crippen LogP contribution in [0.5, 0.6) is 0 Å². The van der Waals surface area contributed by atoms with Gasteiger partial charge in [0, 0.05) is 29.6 Å². The molecule has 0 spiro atoms. The molecule has 1 aliphatic rings. The van der Waals surface area contributed by atoms with Crippen molar-refractivity contribution in [2.45, 2.75) is 25.3 Å². The van der Waals surface area contributed by atoms with Crippen molar-refractivity contribution in [1.82, 2.24) is 20.2 Å². The Bertz CT molecular complexity index is 1200. The predicted molar refractivity (Wildman–Crippen MR) is 112 cm³/mol. The number of aromatic amines is 1. The van der Waals surface area contributed by atoms with Gasteiger partial charge in [0.15, 0.2) is 5.82 Å². The van der Waals surface area contributed by atoms with Crippen molar-refractivity contribution in [3.63, 3.8) is 0 Å². The van der Waals surface area contributed by atoms with Crippen LogP contribution in [-0.2, 0) is 6.54 Å². The van der Waals surface area contributed by atoms with Gasteiger partial charge in [0.1, 0.15) is 5.82 Å². The van der Waals surface area contributed by atoms with Crippen LogP contribution in [0.3, 0.4) is 0 Å². The summed E-state index contributed by atoms with van der Waals surface area (Å²) in [7, 11) is 0. The third-order valence-electron chi connectivity index (χ3n) is 5.00. The van der Waals surface area contributed by atoms with Crippen molar-refractivity contribution in [1.29, 1.82) is 5.26 Å². The second-order valence-corrected chi connectivity index (χ2v) is 7.18. The lowest BCUT2D eigenvalue weighted by molar-refractivity contribution is 0.966. The second kappa shape index (κ2) is 7.24. The highest BCUT2D eigenvalue weighted by atomic mass is 15.2. The summed E-state index contributed by atoms with van der Waals surface area (Å²) >= 11 is 0. The number of fused-ring (bicyclic) bond motifs is 1. The smallest absolute Gasteiger partial charge is 0.225 e. The number of anilines is 3. The van der Waals surface area contributed by atoms with E-state index in [9.17, 15) is 0 Å². The average molecular weight is 381 g/mol. The standard InChI is InChI=1S/C22H19N7/c23-12-14-5-7-15(8-6-14)13-24-22-25-18-4-2-1-3-17(18)21(27-22)26-20-11-19(28-29-20)16-9-10-16/h1-8,11,16H,9-10,13H2,(H3,24,25,26,27,28,29). The molecule has 0 atom stereocenters. The van der Waals surface area contributed by atoms with E-state index in [-0.39, 0.29) is 0 Å². The van der Waals surface area contributed by atoms with Crippen LogP contribution >= 0.6 is 0 Å². The zero-order valence-electron chi connectivity index (χ0n) is 15.7. The average Bonchev–Trinajstić information content (AvgIpc) is 3.51. The normalized spacial score (nSPS) is 13.2. The fourth-order valence-electron chi connectivity index (χ4n) is 3.25. The summed E-state index contributed by atoms with van der Waals surface area (Å²) in [4.78, 5) is 9.30. The lowest BCUT2D eigenvalue weighted by Gasteiger charge is -2.11. The molecule has 5 rings (SSSR count). The van der Waals surface area contributed by atoms with Crippen molar-refractivity contribution in [3.05, 3.63) is 71.4 Å². The molecular formula is C22H19N7. The van der Waals surface area contributed by atoms with Gasteiger partial charge in [-0.15, -0.1) is 0 Å². The predicted octanol–water partition coefficient (Wildman–Crippen LogP) is 4.46. The van der Waals surface area contributed by atoms with E-state index in [0.717, 1.165) is 22.3 Å². The number of hydrogen-bond donors (Lipinski definition) is 3. The largest absolute Gasteiger partial charge is 0.350 e.